The summed E-state index contributed by atoms with van der Waals surface area (Å²) >= 11 is 3.41. The zero-order valence-electron chi connectivity index (χ0n) is 11.3. The minimum atomic E-state index is -0.600. The van der Waals surface area contributed by atoms with E-state index >= 15 is 0 Å². The maximum atomic E-state index is 13.2. The van der Waals surface area contributed by atoms with Gasteiger partial charge >= 0.3 is 0 Å². The highest BCUT2D eigenvalue weighted by molar-refractivity contribution is 9.10. The Kier molecular flexibility index (Phi) is 4.98. The van der Waals surface area contributed by atoms with Crippen LogP contribution in [0.15, 0.2) is 22.7 Å². The molecule has 106 valence electrons. The third-order valence-corrected chi connectivity index (χ3v) is 4.62. The van der Waals surface area contributed by atoms with Crippen molar-refractivity contribution in [2.45, 2.75) is 44.8 Å². The van der Waals surface area contributed by atoms with Gasteiger partial charge in [0, 0.05) is 17.6 Å². The van der Waals surface area contributed by atoms with E-state index in [0.29, 0.717) is 19.0 Å². The van der Waals surface area contributed by atoms with Crippen molar-refractivity contribution in [3.05, 3.63) is 34.1 Å². The summed E-state index contributed by atoms with van der Waals surface area (Å²) in [6.45, 7) is 3.32. The second-order valence-electron chi connectivity index (χ2n) is 5.77. The molecule has 1 aromatic carbocycles. The van der Waals surface area contributed by atoms with Crippen LogP contribution in [0.5, 0.6) is 0 Å². The molecule has 2 nitrogen and oxygen atoms in total. The molecule has 19 heavy (non-hydrogen) atoms. The fourth-order valence-corrected chi connectivity index (χ4v) is 3.29. The molecule has 0 radical (unpaired) electrons. The van der Waals surface area contributed by atoms with Gasteiger partial charge in [-0.15, -0.1) is 0 Å². The van der Waals surface area contributed by atoms with Crippen molar-refractivity contribution in [3.8, 4) is 0 Å². The molecule has 1 aromatic rings. The Morgan fingerprint density at radius 1 is 1.53 bits per heavy atom. The molecule has 0 saturated heterocycles. The SMILES string of the molecule is CC1CCCC(O)(CNCc2cc(F)ccc2Br)C1. The number of nitrogens with one attached hydrogen (secondary N) is 1. The Balaban J connectivity index is 1.87. The van der Waals surface area contributed by atoms with E-state index in [4.69, 9.17) is 0 Å². The first-order valence-corrected chi connectivity index (χ1v) is 7.65. The lowest BCUT2D eigenvalue weighted by Gasteiger charge is -2.35. The van der Waals surface area contributed by atoms with Crippen molar-refractivity contribution in [1.82, 2.24) is 5.32 Å². The summed E-state index contributed by atoms with van der Waals surface area (Å²) < 4.78 is 14.1. The summed E-state index contributed by atoms with van der Waals surface area (Å²) in [6, 6.07) is 4.66. The molecule has 0 amide bonds. The van der Waals surface area contributed by atoms with E-state index < -0.39 is 5.60 Å². The highest BCUT2D eigenvalue weighted by atomic mass is 79.9. The van der Waals surface area contributed by atoms with Gasteiger partial charge in [0.05, 0.1) is 5.60 Å². The van der Waals surface area contributed by atoms with E-state index in [0.717, 1.165) is 29.3 Å². The van der Waals surface area contributed by atoms with Gasteiger partial charge in [-0.2, -0.15) is 0 Å². The van der Waals surface area contributed by atoms with Crippen LogP contribution in [-0.2, 0) is 6.54 Å². The number of benzene rings is 1. The highest BCUT2D eigenvalue weighted by Gasteiger charge is 2.31. The molecule has 2 atom stereocenters. The largest absolute Gasteiger partial charge is 0.389 e. The molecular weight excluding hydrogens is 309 g/mol. The van der Waals surface area contributed by atoms with E-state index in [1.165, 1.54) is 18.6 Å². The molecule has 0 aromatic heterocycles. The van der Waals surface area contributed by atoms with Crippen molar-refractivity contribution < 1.29 is 9.50 Å². The van der Waals surface area contributed by atoms with Crippen LogP contribution in [0.25, 0.3) is 0 Å². The van der Waals surface area contributed by atoms with Gasteiger partial charge in [-0.3, -0.25) is 0 Å². The maximum Gasteiger partial charge on any atom is 0.123 e. The normalized spacial score (nSPS) is 27.5. The van der Waals surface area contributed by atoms with Gasteiger partial charge in [-0.1, -0.05) is 35.7 Å². The Bertz CT molecular complexity index is 440. The van der Waals surface area contributed by atoms with E-state index in [1.807, 2.05) is 0 Å². The predicted octanol–water partition coefficient (Wildman–Crippen LogP) is 3.62. The van der Waals surface area contributed by atoms with Gasteiger partial charge in [-0.05, 0) is 42.5 Å². The molecule has 0 spiro atoms. The average Bonchev–Trinajstić information content (AvgIpc) is 2.33. The third kappa shape index (κ3) is 4.26. The number of rotatable bonds is 4. The molecule has 1 saturated carbocycles. The van der Waals surface area contributed by atoms with E-state index in [-0.39, 0.29) is 5.82 Å². The van der Waals surface area contributed by atoms with Gasteiger partial charge in [-0.25, -0.2) is 4.39 Å². The fourth-order valence-electron chi connectivity index (χ4n) is 2.90. The first-order chi connectivity index (χ1) is 8.98. The summed E-state index contributed by atoms with van der Waals surface area (Å²) in [5, 5.41) is 13.7. The Labute approximate surface area is 122 Å². The third-order valence-electron chi connectivity index (χ3n) is 3.84. The van der Waals surface area contributed by atoms with Gasteiger partial charge < -0.3 is 10.4 Å². The predicted molar refractivity (Wildman–Crippen MR) is 78.4 cm³/mol. The van der Waals surface area contributed by atoms with Crippen molar-refractivity contribution >= 4 is 15.9 Å². The summed E-state index contributed by atoms with van der Waals surface area (Å²) in [7, 11) is 0. The van der Waals surface area contributed by atoms with Gasteiger partial charge in [0.1, 0.15) is 5.82 Å². The van der Waals surface area contributed by atoms with Crippen LogP contribution in [0.3, 0.4) is 0 Å². The zero-order chi connectivity index (χ0) is 13.9. The lowest BCUT2D eigenvalue weighted by Crippen LogP contribution is -2.43. The van der Waals surface area contributed by atoms with Crippen molar-refractivity contribution in [1.29, 1.82) is 0 Å². The highest BCUT2D eigenvalue weighted by Crippen LogP contribution is 2.31. The lowest BCUT2D eigenvalue weighted by molar-refractivity contribution is -0.0119. The molecule has 1 aliphatic carbocycles. The quantitative estimate of drug-likeness (QED) is 0.884. The van der Waals surface area contributed by atoms with Crippen molar-refractivity contribution in [2.75, 3.05) is 6.54 Å². The minimum Gasteiger partial charge on any atom is -0.389 e. The first kappa shape index (κ1) is 14.9. The summed E-state index contributed by atoms with van der Waals surface area (Å²) in [6.07, 6.45) is 4.00. The fraction of sp³-hybridized carbons (Fsp3) is 0.600. The van der Waals surface area contributed by atoms with Crippen molar-refractivity contribution in [3.63, 3.8) is 0 Å². The molecule has 2 unspecified atom stereocenters. The molecule has 4 heteroatoms. The smallest absolute Gasteiger partial charge is 0.123 e. The van der Waals surface area contributed by atoms with E-state index in [1.54, 1.807) is 6.07 Å². The molecule has 2 N–H and O–H groups in total. The zero-order valence-corrected chi connectivity index (χ0v) is 12.8. The molecule has 2 rings (SSSR count). The van der Waals surface area contributed by atoms with Crippen LogP contribution in [0, 0.1) is 11.7 Å². The topological polar surface area (TPSA) is 32.3 Å². The number of hydrogen-bond acceptors (Lipinski definition) is 2. The van der Waals surface area contributed by atoms with Gasteiger partial charge in [0.2, 0.25) is 0 Å². The monoisotopic (exact) mass is 329 g/mol. The summed E-state index contributed by atoms with van der Waals surface area (Å²) in [4.78, 5) is 0. The number of hydrogen-bond donors (Lipinski definition) is 2. The van der Waals surface area contributed by atoms with E-state index in [9.17, 15) is 9.50 Å². The first-order valence-electron chi connectivity index (χ1n) is 6.85. The number of aliphatic hydroxyl groups is 1. The van der Waals surface area contributed by atoms with Crippen LogP contribution in [-0.4, -0.2) is 17.3 Å². The van der Waals surface area contributed by atoms with Crippen molar-refractivity contribution in [2.24, 2.45) is 5.92 Å². The second kappa shape index (κ2) is 6.33. The maximum absolute atomic E-state index is 13.2. The van der Waals surface area contributed by atoms with Gasteiger partial charge in [0.25, 0.3) is 0 Å². The molecular formula is C15H21BrFNO. The summed E-state index contributed by atoms with van der Waals surface area (Å²) in [5.41, 5.74) is 0.282. The van der Waals surface area contributed by atoms with Crippen LogP contribution in [0.1, 0.15) is 38.2 Å². The Morgan fingerprint density at radius 3 is 3.05 bits per heavy atom. The van der Waals surface area contributed by atoms with E-state index in [2.05, 4.69) is 28.2 Å². The minimum absolute atomic E-state index is 0.231. The molecule has 1 aliphatic rings. The average molecular weight is 330 g/mol. The Hall–Kier alpha value is -0.450. The molecule has 1 fully saturated rings. The number of halogens is 2. The molecule has 0 bridgehead atoms. The van der Waals surface area contributed by atoms with Gasteiger partial charge in [0.15, 0.2) is 0 Å². The van der Waals surface area contributed by atoms with Crippen LogP contribution in [0.2, 0.25) is 0 Å². The van der Waals surface area contributed by atoms with Crippen LogP contribution in [0.4, 0.5) is 4.39 Å². The standard InChI is InChI=1S/C15H21BrFNO/c1-11-3-2-6-15(19,8-11)10-18-9-12-7-13(17)4-5-14(12)16/h4-5,7,11,18-19H,2-3,6,8-10H2,1H3. The van der Waals surface area contributed by atoms with Crippen LogP contribution < -0.4 is 5.32 Å². The lowest BCUT2D eigenvalue weighted by atomic mass is 9.79. The molecule has 0 heterocycles. The Morgan fingerprint density at radius 2 is 2.32 bits per heavy atom. The van der Waals surface area contributed by atoms with Crippen LogP contribution >= 0.6 is 15.9 Å². The second-order valence-corrected chi connectivity index (χ2v) is 6.62. The molecule has 0 aliphatic heterocycles. The summed E-state index contributed by atoms with van der Waals surface area (Å²) in [5.74, 6) is 0.353.